The van der Waals surface area contributed by atoms with Crippen LogP contribution in [0.15, 0.2) is 38.5 Å². The molecule has 104 valence electrons. The van der Waals surface area contributed by atoms with Crippen molar-refractivity contribution >= 4 is 48.9 Å². The minimum absolute atomic E-state index is 0.0541. The summed E-state index contributed by atoms with van der Waals surface area (Å²) in [6, 6.07) is 6.95. The van der Waals surface area contributed by atoms with E-state index in [4.69, 9.17) is 0 Å². The van der Waals surface area contributed by atoms with Crippen molar-refractivity contribution in [3.63, 3.8) is 0 Å². The second kappa shape index (κ2) is 4.83. The number of aromatic nitrogens is 3. The van der Waals surface area contributed by atoms with Crippen molar-refractivity contribution in [2.45, 2.75) is 11.1 Å². The third-order valence-corrected chi connectivity index (χ3v) is 6.50. The molecule has 6 nitrogen and oxygen atoms in total. The number of pyridine rings is 1. The molecule has 0 saturated heterocycles. The van der Waals surface area contributed by atoms with Crippen molar-refractivity contribution in [2.24, 2.45) is 0 Å². The van der Waals surface area contributed by atoms with E-state index < -0.39 is 10.0 Å². The minimum atomic E-state index is -3.66. The number of rotatable bonds is 3. The highest BCUT2D eigenvalue weighted by Crippen LogP contribution is 2.31. The molecule has 0 unspecified atom stereocenters. The number of hydrogen-bond acceptors (Lipinski definition) is 5. The van der Waals surface area contributed by atoms with E-state index in [-0.39, 0.29) is 10.2 Å². The largest absolute Gasteiger partial charge is 0.273 e. The zero-order chi connectivity index (χ0) is 14.3. The van der Waals surface area contributed by atoms with E-state index >= 15 is 0 Å². The van der Waals surface area contributed by atoms with Gasteiger partial charge in [-0.2, -0.15) is 4.98 Å². The number of nitrogens with zero attached hydrogens (tertiary/aromatic N) is 3. The molecule has 0 aliphatic rings. The summed E-state index contributed by atoms with van der Waals surface area (Å²) < 4.78 is 29.4. The molecule has 0 atom stereocenters. The number of aryl methyl sites for hydroxylation is 1. The smallest absolute Gasteiger partial charge is 0.245 e. The Bertz CT molecular complexity index is 832. The first-order valence-electron chi connectivity index (χ1n) is 5.56. The quantitative estimate of drug-likeness (QED) is 0.766. The van der Waals surface area contributed by atoms with Crippen molar-refractivity contribution in [3.05, 3.63) is 39.8 Å². The molecule has 3 rings (SSSR count). The first-order valence-corrected chi connectivity index (χ1v) is 8.65. The van der Waals surface area contributed by atoms with E-state index in [0.717, 1.165) is 20.7 Å². The van der Waals surface area contributed by atoms with Crippen molar-refractivity contribution in [3.8, 4) is 0 Å². The van der Waals surface area contributed by atoms with Gasteiger partial charge >= 0.3 is 0 Å². The van der Waals surface area contributed by atoms with Gasteiger partial charge in [-0.15, -0.1) is 16.4 Å². The van der Waals surface area contributed by atoms with E-state index in [1.807, 2.05) is 13.0 Å². The molecule has 0 spiro atoms. The van der Waals surface area contributed by atoms with Crippen LogP contribution in [0.5, 0.6) is 0 Å². The van der Waals surface area contributed by atoms with Gasteiger partial charge in [-0.3, -0.25) is 0 Å². The molecule has 3 heterocycles. The molecule has 0 radical (unpaired) electrons. The average Bonchev–Trinajstić information content (AvgIpc) is 2.93. The third kappa shape index (κ3) is 2.43. The van der Waals surface area contributed by atoms with Crippen LogP contribution in [0.25, 0.3) is 5.65 Å². The molecule has 3 aromatic rings. The normalized spacial score (nSPS) is 11.9. The van der Waals surface area contributed by atoms with Gasteiger partial charge in [-0.25, -0.2) is 17.7 Å². The Balaban J connectivity index is 1.96. The van der Waals surface area contributed by atoms with E-state index in [1.54, 1.807) is 24.4 Å². The molecule has 3 aromatic heterocycles. The highest BCUT2D eigenvalue weighted by atomic mass is 79.9. The van der Waals surface area contributed by atoms with Gasteiger partial charge in [0.2, 0.25) is 0 Å². The van der Waals surface area contributed by atoms with Gasteiger partial charge in [-0.05, 0) is 46.6 Å². The fourth-order valence-corrected chi connectivity index (χ4v) is 4.77. The van der Waals surface area contributed by atoms with Gasteiger partial charge in [0.15, 0.2) is 5.65 Å². The Labute approximate surface area is 127 Å². The van der Waals surface area contributed by atoms with Crippen LogP contribution in [-0.4, -0.2) is 23.0 Å². The van der Waals surface area contributed by atoms with Crippen LogP contribution in [0.4, 0.5) is 5.95 Å². The Morgan fingerprint density at radius 2 is 2.20 bits per heavy atom. The SMILES string of the molecule is Cc1cc(S(=O)(=O)Nc2nc3ccccn3n2)sc1Br. The van der Waals surface area contributed by atoms with Gasteiger partial charge in [0.25, 0.3) is 16.0 Å². The maximum Gasteiger partial charge on any atom is 0.273 e. The third-order valence-electron chi connectivity index (χ3n) is 2.57. The molecular formula is C11H9BrN4O2S2. The fraction of sp³-hybridized carbons (Fsp3) is 0.0909. The molecule has 1 N–H and O–H groups in total. The Morgan fingerprint density at radius 1 is 1.40 bits per heavy atom. The highest BCUT2D eigenvalue weighted by molar-refractivity contribution is 9.11. The highest BCUT2D eigenvalue weighted by Gasteiger charge is 2.20. The first-order chi connectivity index (χ1) is 9.45. The number of sulfonamides is 1. The van der Waals surface area contributed by atoms with Crippen LogP contribution in [0.2, 0.25) is 0 Å². The van der Waals surface area contributed by atoms with E-state index in [9.17, 15) is 8.42 Å². The molecule has 0 aromatic carbocycles. The number of fused-ring (bicyclic) bond motifs is 1. The van der Waals surface area contributed by atoms with Gasteiger partial charge in [-0.1, -0.05) is 6.07 Å². The van der Waals surface area contributed by atoms with Gasteiger partial charge in [0.1, 0.15) is 4.21 Å². The van der Waals surface area contributed by atoms with Crippen LogP contribution < -0.4 is 4.72 Å². The number of thiophene rings is 1. The average molecular weight is 373 g/mol. The summed E-state index contributed by atoms with van der Waals surface area (Å²) in [6.45, 7) is 1.84. The topological polar surface area (TPSA) is 76.4 Å². The van der Waals surface area contributed by atoms with Crippen LogP contribution in [0.1, 0.15) is 5.56 Å². The summed E-state index contributed by atoms with van der Waals surface area (Å²) in [5.74, 6) is 0.0541. The second-order valence-electron chi connectivity index (χ2n) is 4.07. The molecule has 20 heavy (non-hydrogen) atoms. The number of hydrogen-bond donors (Lipinski definition) is 1. The summed E-state index contributed by atoms with van der Waals surface area (Å²) in [5.41, 5.74) is 1.45. The zero-order valence-corrected chi connectivity index (χ0v) is 13.5. The summed E-state index contributed by atoms with van der Waals surface area (Å²) >= 11 is 4.46. The van der Waals surface area contributed by atoms with Crippen molar-refractivity contribution in [2.75, 3.05) is 4.72 Å². The summed E-state index contributed by atoms with van der Waals surface area (Å²) in [4.78, 5) is 4.11. The summed E-state index contributed by atoms with van der Waals surface area (Å²) in [5, 5.41) is 4.06. The first kappa shape index (κ1) is 13.5. The Morgan fingerprint density at radius 3 is 2.85 bits per heavy atom. The maximum absolute atomic E-state index is 12.2. The standard InChI is InChI=1S/C11H9BrN4O2S2/c1-7-6-9(19-10(7)12)20(17,18)15-11-13-8-4-2-3-5-16(8)14-11/h2-6H,1H3,(H,14,15). The fourth-order valence-electron chi connectivity index (χ4n) is 1.61. The van der Waals surface area contributed by atoms with Crippen LogP contribution in [0, 0.1) is 6.92 Å². The van der Waals surface area contributed by atoms with Crippen LogP contribution >= 0.6 is 27.3 Å². The molecule has 0 aliphatic carbocycles. The number of anilines is 1. The van der Waals surface area contributed by atoms with Crippen molar-refractivity contribution < 1.29 is 8.42 Å². The summed E-state index contributed by atoms with van der Waals surface area (Å²) in [7, 11) is -3.66. The maximum atomic E-state index is 12.2. The molecule has 9 heteroatoms. The van der Waals surface area contributed by atoms with Crippen molar-refractivity contribution in [1.29, 1.82) is 0 Å². The molecule has 0 aliphatic heterocycles. The molecule has 0 amide bonds. The molecule has 0 saturated carbocycles. The Hall–Kier alpha value is -1.45. The lowest BCUT2D eigenvalue weighted by atomic mass is 10.4. The lowest BCUT2D eigenvalue weighted by molar-refractivity contribution is 0.602. The molecule has 0 fully saturated rings. The second-order valence-corrected chi connectivity index (χ2v) is 8.35. The van der Waals surface area contributed by atoms with Crippen LogP contribution in [-0.2, 0) is 10.0 Å². The van der Waals surface area contributed by atoms with E-state index in [0.29, 0.717) is 5.65 Å². The predicted octanol–water partition coefficient (Wildman–Crippen LogP) is 2.66. The van der Waals surface area contributed by atoms with Gasteiger partial charge < -0.3 is 0 Å². The van der Waals surface area contributed by atoms with Gasteiger partial charge in [0, 0.05) is 6.20 Å². The number of nitrogens with one attached hydrogen (secondary N) is 1. The monoisotopic (exact) mass is 372 g/mol. The zero-order valence-electron chi connectivity index (χ0n) is 10.2. The summed E-state index contributed by atoms with van der Waals surface area (Å²) in [6.07, 6.45) is 1.70. The molecule has 0 bridgehead atoms. The number of halogens is 1. The van der Waals surface area contributed by atoms with E-state index in [2.05, 4.69) is 30.7 Å². The lowest BCUT2D eigenvalue weighted by Gasteiger charge is -2.00. The minimum Gasteiger partial charge on any atom is -0.245 e. The Kier molecular flexibility index (Phi) is 3.27. The van der Waals surface area contributed by atoms with Gasteiger partial charge in [0.05, 0.1) is 3.79 Å². The molecular weight excluding hydrogens is 364 g/mol. The van der Waals surface area contributed by atoms with E-state index in [1.165, 1.54) is 4.52 Å². The van der Waals surface area contributed by atoms with Crippen molar-refractivity contribution in [1.82, 2.24) is 14.6 Å². The lowest BCUT2D eigenvalue weighted by Crippen LogP contribution is -2.12. The predicted molar refractivity (Wildman–Crippen MR) is 80.6 cm³/mol. The van der Waals surface area contributed by atoms with Crippen LogP contribution in [0.3, 0.4) is 0 Å².